The Kier molecular flexibility index (Phi) is 4.90. The van der Waals surface area contributed by atoms with Crippen LogP contribution in [0.2, 0.25) is 0 Å². The molecule has 0 aromatic heterocycles. The van der Waals surface area contributed by atoms with E-state index < -0.39 is 17.7 Å². The summed E-state index contributed by atoms with van der Waals surface area (Å²) < 4.78 is 11.5. The topological polar surface area (TPSA) is 64.6 Å². The van der Waals surface area contributed by atoms with Crippen LogP contribution in [0.3, 0.4) is 0 Å². The molecule has 1 aliphatic heterocycles. The molecule has 0 saturated carbocycles. The van der Waals surface area contributed by atoms with Crippen LogP contribution < -0.4 is 5.32 Å². The summed E-state index contributed by atoms with van der Waals surface area (Å²) in [4.78, 5) is 24.8. The molecule has 0 saturated heterocycles. The van der Waals surface area contributed by atoms with E-state index in [1.54, 1.807) is 38.1 Å². The van der Waals surface area contributed by atoms with Gasteiger partial charge in [0.15, 0.2) is 0 Å². The molecule has 1 aliphatic rings. The molecule has 1 aromatic rings. The van der Waals surface area contributed by atoms with Crippen LogP contribution in [0.4, 0.5) is 0 Å². The molecule has 6 heteroatoms. The maximum atomic E-state index is 12.5. The first-order chi connectivity index (χ1) is 10.4. The Balaban J connectivity index is 2.54. The van der Waals surface area contributed by atoms with Gasteiger partial charge in [0.05, 0.1) is 12.2 Å². The van der Waals surface area contributed by atoms with E-state index in [0.717, 1.165) is 4.47 Å². The zero-order valence-electron chi connectivity index (χ0n) is 12.7. The van der Waals surface area contributed by atoms with Crippen molar-refractivity contribution in [2.45, 2.75) is 32.9 Å². The Morgan fingerprint density at radius 1 is 1.32 bits per heavy atom. The van der Waals surface area contributed by atoms with Crippen LogP contribution in [0.5, 0.6) is 0 Å². The van der Waals surface area contributed by atoms with Crippen LogP contribution in [0.15, 0.2) is 40.0 Å². The van der Waals surface area contributed by atoms with Gasteiger partial charge in [0.25, 0.3) is 0 Å². The molecule has 0 bridgehead atoms. The molecule has 1 N–H and O–H groups in total. The molecular formula is C16H18BrNO4. The fourth-order valence-corrected chi connectivity index (χ4v) is 2.65. The number of nitrogens with one attached hydrogen (secondary N) is 1. The normalized spacial score (nSPS) is 21.2. The van der Waals surface area contributed by atoms with E-state index >= 15 is 0 Å². The molecule has 0 fully saturated rings. The number of hydrogen-bond donors (Lipinski definition) is 1. The number of halogens is 1. The average molecular weight is 368 g/mol. The van der Waals surface area contributed by atoms with Gasteiger partial charge in [0.2, 0.25) is 0 Å². The number of ether oxygens (including phenoxy) is 2. The highest BCUT2D eigenvalue weighted by Gasteiger charge is 2.49. The summed E-state index contributed by atoms with van der Waals surface area (Å²) in [5, 5.41) is 3.03. The summed E-state index contributed by atoms with van der Waals surface area (Å²) in [5.41, 5.74) is 0.0139. The highest BCUT2D eigenvalue weighted by atomic mass is 79.9. The summed E-state index contributed by atoms with van der Waals surface area (Å²) in [5.74, 6) is -1.14. The van der Waals surface area contributed by atoms with Crippen LogP contribution in [0.1, 0.15) is 32.8 Å². The minimum atomic E-state index is -1.64. The zero-order valence-corrected chi connectivity index (χ0v) is 14.3. The maximum Gasteiger partial charge on any atom is 0.377 e. The Bertz CT molecular complexity index is 624. The minimum absolute atomic E-state index is 0.194. The van der Waals surface area contributed by atoms with Gasteiger partial charge in [-0.3, -0.25) is 0 Å². The molecule has 0 radical (unpaired) electrons. The standard InChI is InChI=1S/C16H18BrNO4/c1-4-13-10(3)18-16(22-14(13)19,15(20)21-5-2)11-6-8-12(17)9-7-11/h6-9,18H,4-5H2,1-3H3. The monoisotopic (exact) mass is 367 g/mol. The number of carbonyl (C=O) groups is 2. The van der Waals surface area contributed by atoms with E-state index in [0.29, 0.717) is 23.3 Å². The van der Waals surface area contributed by atoms with E-state index in [1.807, 2.05) is 6.92 Å². The SMILES string of the molecule is CCOC(=O)C1(c2ccc(Br)cc2)NC(C)=C(CC)C(=O)O1. The second kappa shape index (κ2) is 6.52. The van der Waals surface area contributed by atoms with Crippen molar-refractivity contribution in [3.63, 3.8) is 0 Å². The van der Waals surface area contributed by atoms with Crippen molar-refractivity contribution in [2.75, 3.05) is 6.61 Å². The van der Waals surface area contributed by atoms with Gasteiger partial charge in [-0.2, -0.15) is 0 Å². The first-order valence-corrected chi connectivity index (χ1v) is 7.88. The summed E-state index contributed by atoms with van der Waals surface area (Å²) >= 11 is 3.35. The molecule has 1 unspecified atom stereocenters. The van der Waals surface area contributed by atoms with Crippen LogP contribution in [-0.2, 0) is 24.8 Å². The molecule has 0 amide bonds. The Morgan fingerprint density at radius 2 is 1.95 bits per heavy atom. The number of hydrogen-bond acceptors (Lipinski definition) is 5. The lowest BCUT2D eigenvalue weighted by atomic mass is 9.98. The van der Waals surface area contributed by atoms with E-state index in [2.05, 4.69) is 21.2 Å². The van der Waals surface area contributed by atoms with Gasteiger partial charge < -0.3 is 14.8 Å². The molecule has 0 spiro atoms. The third kappa shape index (κ3) is 2.88. The molecule has 22 heavy (non-hydrogen) atoms. The van der Waals surface area contributed by atoms with Gasteiger partial charge in [-0.1, -0.05) is 35.0 Å². The lowest BCUT2D eigenvalue weighted by molar-refractivity contribution is -0.188. The molecule has 1 aromatic carbocycles. The fourth-order valence-electron chi connectivity index (χ4n) is 2.39. The second-order valence-electron chi connectivity index (χ2n) is 4.88. The highest BCUT2D eigenvalue weighted by molar-refractivity contribution is 9.10. The van der Waals surface area contributed by atoms with Crippen LogP contribution in [-0.4, -0.2) is 18.5 Å². The smallest absolute Gasteiger partial charge is 0.377 e. The van der Waals surface area contributed by atoms with Crippen LogP contribution >= 0.6 is 15.9 Å². The van der Waals surface area contributed by atoms with Gasteiger partial charge >= 0.3 is 17.7 Å². The van der Waals surface area contributed by atoms with Crippen molar-refractivity contribution < 1.29 is 19.1 Å². The summed E-state index contributed by atoms with van der Waals surface area (Å²) in [6.07, 6.45) is 0.525. The number of carbonyl (C=O) groups excluding carboxylic acids is 2. The predicted molar refractivity (Wildman–Crippen MR) is 84.7 cm³/mol. The minimum Gasteiger partial charge on any atom is -0.461 e. The first-order valence-electron chi connectivity index (χ1n) is 7.09. The van der Waals surface area contributed by atoms with Crippen molar-refractivity contribution in [1.29, 1.82) is 0 Å². The van der Waals surface area contributed by atoms with Gasteiger partial charge in [-0.25, -0.2) is 9.59 Å². The lowest BCUT2D eigenvalue weighted by Gasteiger charge is -2.37. The highest BCUT2D eigenvalue weighted by Crippen LogP contribution is 2.33. The van der Waals surface area contributed by atoms with Crippen molar-refractivity contribution in [1.82, 2.24) is 5.32 Å². The third-order valence-electron chi connectivity index (χ3n) is 3.48. The van der Waals surface area contributed by atoms with Gasteiger partial charge in [0, 0.05) is 15.7 Å². The van der Waals surface area contributed by atoms with Crippen molar-refractivity contribution in [3.05, 3.63) is 45.6 Å². The van der Waals surface area contributed by atoms with E-state index in [9.17, 15) is 9.59 Å². The quantitative estimate of drug-likeness (QED) is 0.828. The zero-order chi connectivity index (χ0) is 16.3. The number of benzene rings is 1. The molecule has 0 aliphatic carbocycles. The van der Waals surface area contributed by atoms with E-state index in [4.69, 9.17) is 9.47 Å². The molecule has 1 atom stereocenters. The number of rotatable bonds is 4. The molecule has 5 nitrogen and oxygen atoms in total. The van der Waals surface area contributed by atoms with E-state index in [1.165, 1.54) is 0 Å². The summed E-state index contributed by atoms with van der Waals surface area (Å²) in [7, 11) is 0. The van der Waals surface area contributed by atoms with Gasteiger partial charge in [-0.05, 0) is 32.4 Å². The van der Waals surface area contributed by atoms with Crippen LogP contribution in [0.25, 0.3) is 0 Å². The van der Waals surface area contributed by atoms with Crippen LogP contribution in [0, 0.1) is 0 Å². The fraction of sp³-hybridized carbons (Fsp3) is 0.375. The number of allylic oxidation sites excluding steroid dienone is 1. The Morgan fingerprint density at radius 3 is 2.45 bits per heavy atom. The molecular weight excluding hydrogens is 350 g/mol. The van der Waals surface area contributed by atoms with Gasteiger partial charge in [-0.15, -0.1) is 0 Å². The van der Waals surface area contributed by atoms with E-state index in [-0.39, 0.29) is 6.61 Å². The number of esters is 2. The van der Waals surface area contributed by atoms with Crippen molar-refractivity contribution >= 4 is 27.9 Å². The van der Waals surface area contributed by atoms with Gasteiger partial charge in [0.1, 0.15) is 0 Å². The Hall–Kier alpha value is -1.82. The Labute approximate surface area is 137 Å². The predicted octanol–water partition coefficient (Wildman–Crippen LogP) is 3.00. The largest absolute Gasteiger partial charge is 0.461 e. The van der Waals surface area contributed by atoms with Crippen molar-refractivity contribution in [2.24, 2.45) is 0 Å². The molecule has 1 heterocycles. The molecule has 2 rings (SSSR count). The van der Waals surface area contributed by atoms with Crippen molar-refractivity contribution in [3.8, 4) is 0 Å². The molecule has 118 valence electrons. The summed E-state index contributed by atoms with van der Waals surface area (Å²) in [6, 6.07) is 6.98. The third-order valence-corrected chi connectivity index (χ3v) is 4.00. The summed E-state index contributed by atoms with van der Waals surface area (Å²) in [6.45, 7) is 5.52. The number of cyclic esters (lactones) is 1. The maximum absolute atomic E-state index is 12.5. The first kappa shape index (κ1) is 16.5. The lowest BCUT2D eigenvalue weighted by Crippen LogP contribution is -2.55. The average Bonchev–Trinajstić information content (AvgIpc) is 2.47. The second-order valence-corrected chi connectivity index (χ2v) is 5.80.